The number of aliphatic hydroxyl groups excluding tert-OH is 2. The quantitative estimate of drug-likeness (QED) is 0.0377. The van der Waals surface area contributed by atoms with Gasteiger partial charge in [-0.25, -0.2) is 4.79 Å². The van der Waals surface area contributed by atoms with E-state index < -0.39 is 24.6 Å². The number of carbonyl (C=O) groups excluding carboxylic acids is 2. The lowest BCUT2D eigenvalue weighted by Gasteiger charge is -2.06. The number of hydrogen-bond acceptors (Lipinski definition) is 5. The molecule has 0 amide bonds. The van der Waals surface area contributed by atoms with Crippen LogP contribution in [0.1, 0.15) is 265 Å². The van der Waals surface area contributed by atoms with Crippen molar-refractivity contribution in [3.05, 3.63) is 0 Å². The zero-order valence-electron chi connectivity index (χ0n) is 34.3. The third-order valence-electron chi connectivity index (χ3n) is 10.1. The van der Waals surface area contributed by atoms with E-state index in [2.05, 4.69) is 25.5 Å². The summed E-state index contributed by atoms with van der Waals surface area (Å²) in [5.41, 5.74) is 0. The van der Waals surface area contributed by atoms with Gasteiger partial charge in [0.25, 0.3) is 0 Å². The standard InChI is InChI=1S/C25H48O5.C20H42/c1-2-3-4-5-6-7-8-9-10-11-12-13-14-15-16-17-18-19-20-21-24(28)30-25(29)23(27)22-26;1-3-5-7-9-11-13-15-17-19-20-18-16-14-12-10-8-6-4-2/h23,26-27H,2-22H2,1H3;3-20H2,1-2H3. The fraction of sp³-hybridized carbons (Fsp3) is 0.956. The first-order chi connectivity index (χ1) is 24.5. The van der Waals surface area contributed by atoms with Crippen LogP contribution in [0.25, 0.3) is 0 Å². The van der Waals surface area contributed by atoms with Crippen LogP contribution in [0.4, 0.5) is 0 Å². The first-order valence-corrected chi connectivity index (χ1v) is 22.6. The molecule has 0 heterocycles. The largest absolute Gasteiger partial charge is 0.393 e. The van der Waals surface area contributed by atoms with Crippen LogP contribution in [0.15, 0.2) is 0 Å². The van der Waals surface area contributed by atoms with Crippen LogP contribution in [-0.4, -0.2) is 34.9 Å². The highest BCUT2D eigenvalue weighted by Gasteiger charge is 2.18. The lowest BCUT2D eigenvalue weighted by molar-refractivity contribution is -0.167. The van der Waals surface area contributed by atoms with Gasteiger partial charge in [0.1, 0.15) is 0 Å². The average molecular weight is 711 g/mol. The van der Waals surface area contributed by atoms with Crippen LogP contribution >= 0.6 is 0 Å². The summed E-state index contributed by atoms with van der Waals surface area (Å²) in [4.78, 5) is 22.6. The van der Waals surface area contributed by atoms with Gasteiger partial charge in [0.05, 0.1) is 6.61 Å². The van der Waals surface area contributed by atoms with Crippen LogP contribution < -0.4 is 0 Å². The third kappa shape index (κ3) is 45.1. The summed E-state index contributed by atoms with van der Waals surface area (Å²) in [5, 5.41) is 17.6. The van der Waals surface area contributed by atoms with E-state index >= 15 is 0 Å². The number of carbonyl (C=O) groups is 2. The molecule has 50 heavy (non-hydrogen) atoms. The summed E-state index contributed by atoms with van der Waals surface area (Å²) in [5.74, 6) is -1.69. The van der Waals surface area contributed by atoms with Crippen LogP contribution in [0, 0.1) is 0 Å². The Morgan fingerprint density at radius 3 is 0.780 bits per heavy atom. The summed E-state index contributed by atoms with van der Waals surface area (Å²) in [6.07, 6.45) is 49.6. The fourth-order valence-corrected chi connectivity index (χ4v) is 6.63. The van der Waals surface area contributed by atoms with Gasteiger partial charge in [-0.2, -0.15) is 0 Å². The fourth-order valence-electron chi connectivity index (χ4n) is 6.63. The smallest absolute Gasteiger partial charge is 0.345 e. The lowest BCUT2D eigenvalue weighted by Crippen LogP contribution is -2.28. The molecule has 2 N–H and O–H groups in total. The molecule has 0 spiro atoms. The molecule has 0 aromatic heterocycles. The molecule has 5 heteroatoms. The molecule has 0 radical (unpaired) electrons. The van der Waals surface area contributed by atoms with E-state index in [-0.39, 0.29) is 6.42 Å². The molecule has 300 valence electrons. The van der Waals surface area contributed by atoms with E-state index in [0.717, 1.165) is 12.8 Å². The average Bonchev–Trinajstić information content (AvgIpc) is 3.12. The Hall–Kier alpha value is -0.940. The van der Waals surface area contributed by atoms with Gasteiger partial charge in [0.2, 0.25) is 0 Å². The third-order valence-corrected chi connectivity index (χ3v) is 10.1. The molecule has 0 aliphatic heterocycles. The van der Waals surface area contributed by atoms with E-state index in [1.807, 2.05) is 0 Å². The van der Waals surface area contributed by atoms with E-state index in [4.69, 9.17) is 10.2 Å². The van der Waals surface area contributed by atoms with Crippen molar-refractivity contribution in [1.82, 2.24) is 0 Å². The van der Waals surface area contributed by atoms with E-state index in [9.17, 15) is 9.59 Å². The molecule has 0 aromatic carbocycles. The summed E-state index contributed by atoms with van der Waals surface area (Å²) in [6.45, 7) is 6.13. The van der Waals surface area contributed by atoms with E-state index in [1.54, 1.807) is 0 Å². The molecule has 0 saturated carbocycles. The first-order valence-electron chi connectivity index (χ1n) is 22.6. The zero-order valence-corrected chi connectivity index (χ0v) is 34.3. The van der Waals surface area contributed by atoms with Crippen molar-refractivity contribution in [2.45, 2.75) is 271 Å². The summed E-state index contributed by atoms with van der Waals surface area (Å²) >= 11 is 0. The normalized spacial score (nSPS) is 11.7. The molecule has 1 unspecified atom stereocenters. The second kappa shape index (κ2) is 46.1. The van der Waals surface area contributed by atoms with Crippen molar-refractivity contribution in [3.63, 3.8) is 0 Å². The van der Waals surface area contributed by atoms with Crippen molar-refractivity contribution in [2.75, 3.05) is 6.61 Å². The summed E-state index contributed by atoms with van der Waals surface area (Å²) in [6, 6.07) is 0. The number of unbranched alkanes of at least 4 members (excludes halogenated alkanes) is 35. The first kappa shape index (κ1) is 51.2. The number of esters is 2. The van der Waals surface area contributed by atoms with Gasteiger partial charge in [-0.3, -0.25) is 4.79 Å². The highest BCUT2D eigenvalue weighted by molar-refractivity contribution is 5.87. The van der Waals surface area contributed by atoms with Crippen LogP contribution in [0.5, 0.6) is 0 Å². The van der Waals surface area contributed by atoms with Crippen molar-refractivity contribution in [2.24, 2.45) is 0 Å². The van der Waals surface area contributed by atoms with Crippen molar-refractivity contribution in [3.8, 4) is 0 Å². The SMILES string of the molecule is CCCCCCCCCCCCCCCCCCCC.CCCCCCCCCCCCCCCCCCCCCC(=O)OC(=O)C(O)CO. The van der Waals surface area contributed by atoms with Crippen molar-refractivity contribution < 1.29 is 24.5 Å². The highest BCUT2D eigenvalue weighted by Crippen LogP contribution is 2.16. The van der Waals surface area contributed by atoms with Crippen molar-refractivity contribution >= 4 is 11.9 Å². The highest BCUT2D eigenvalue weighted by atomic mass is 16.6. The maximum Gasteiger partial charge on any atom is 0.345 e. The molecule has 1 atom stereocenters. The Bertz CT molecular complexity index is 633. The van der Waals surface area contributed by atoms with Gasteiger partial charge >= 0.3 is 11.9 Å². The van der Waals surface area contributed by atoms with Crippen LogP contribution in [-0.2, 0) is 14.3 Å². The maximum atomic E-state index is 11.4. The minimum Gasteiger partial charge on any atom is -0.393 e. The molecule has 0 fully saturated rings. The van der Waals surface area contributed by atoms with Gasteiger partial charge in [-0.05, 0) is 6.42 Å². The second-order valence-corrected chi connectivity index (χ2v) is 15.3. The Kier molecular flexibility index (Phi) is 47.2. The maximum absolute atomic E-state index is 11.4. The Labute approximate surface area is 313 Å². The van der Waals surface area contributed by atoms with Crippen LogP contribution in [0.3, 0.4) is 0 Å². The minimum absolute atomic E-state index is 0.183. The molecule has 0 aliphatic carbocycles. The van der Waals surface area contributed by atoms with Gasteiger partial charge < -0.3 is 14.9 Å². The molecule has 0 rings (SSSR count). The number of ether oxygens (including phenoxy) is 1. The molecule has 0 bridgehead atoms. The number of hydrogen-bond donors (Lipinski definition) is 2. The number of rotatable bonds is 39. The zero-order chi connectivity index (χ0) is 37.0. The van der Waals surface area contributed by atoms with Crippen molar-refractivity contribution in [1.29, 1.82) is 0 Å². The molecular formula is C45H90O5. The van der Waals surface area contributed by atoms with Gasteiger partial charge in [-0.15, -0.1) is 0 Å². The van der Waals surface area contributed by atoms with Gasteiger partial charge in [-0.1, -0.05) is 252 Å². The lowest BCUT2D eigenvalue weighted by atomic mass is 10.0. The molecule has 0 aliphatic rings. The van der Waals surface area contributed by atoms with Gasteiger partial charge in [0, 0.05) is 6.42 Å². The minimum atomic E-state index is -1.63. The Balaban J connectivity index is 0. The summed E-state index contributed by atoms with van der Waals surface area (Å²) in [7, 11) is 0. The molecule has 0 aromatic rings. The summed E-state index contributed by atoms with van der Waals surface area (Å²) < 4.78 is 4.45. The Morgan fingerprint density at radius 2 is 0.580 bits per heavy atom. The predicted molar refractivity (Wildman–Crippen MR) is 217 cm³/mol. The van der Waals surface area contributed by atoms with Gasteiger partial charge in [0.15, 0.2) is 6.10 Å². The molecule has 0 saturated heterocycles. The molecule has 5 nitrogen and oxygen atoms in total. The Morgan fingerprint density at radius 1 is 0.380 bits per heavy atom. The monoisotopic (exact) mass is 711 g/mol. The predicted octanol–water partition coefficient (Wildman–Crippen LogP) is 14.3. The second-order valence-electron chi connectivity index (χ2n) is 15.3. The topological polar surface area (TPSA) is 83.8 Å². The number of aliphatic hydroxyl groups is 2. The van der Waals surface area contributed by atoms with E-state index in [1.165, 1.54) is 218 Å². The van der Waals surface area contributed by atoms with Crippen LogP contribution in [0.2, 0.25) is 0 Å². The molecular weight excluding hydrogens is 620 g/mol. The van der Waals surface area contributed by atoms with E-state index in [0.29, 0.717) is 6.42 Å².